The van der Waals surface area contributed by atoms with E-state index in [0.717, 1.165) is 31.6 Å². The SMILES string of the molecule is CCN1CCN(C2=CC(N)=CCC2)CC1. The summed E-state index contributed by atoms with van der Waals surface area (Å²) in [6.07, 6.45) is 6.52. The Morgan fingerprint density at radius 3 is 2.60 bits per heavy atom. The molecule has 0 saturated carbocycles. The van der Waals surface area contributed by atoms with Crippen LogP contribution >= 0.6 is 0 Å². The number of hydrogen-bond donors (Lipinski definition) is 1. The average molecular weight is 207 g/mol. The van der Waals surface area contributed by atoms with E-state index in [9.17, 15) is 0 Å². The molecule has 0 aromatic carbocycles. The summed E-state index contributed by atoms with van der Waals surface area (Å²) in [6.45, 7) is 8.11. The van der Waals surface area contributed by atoms with Crippen LogP contribution < -0.4 is 5.73 Å². The maximum atomic E-state index is 5.83. The molecule has 0 aromatic heterocycles. The second-order valence-corrected chi connectivity index (χ2v) is 4.30. The van der Waals surface area contributed by atoms with Crippen molar-refractivity contribution in [2.75, 3.05) is 32.7 Å². The van der Waals surface area contributed by atoms with Crippen molar-refractivity contribution in [2.45, 2.75) is 19.8 Å². The van der Waals surface area contributed by atoms with Gasteiger partial charge in [0, 0.05) is 37.6 Å². The summed E-state index contributed by atoms with van der Waals surface area (Å²) in [6, 6.07) is 0. The molecule has 2 N–H and O–H groups in total. The second-order valence-electron chi connectivity index (χ2n) is 4.30. The summed E-state index contributed by atoms with van der Waals surface area (Å²) < 4.78 is 0. The first-order valence-electron chi connectivity index (χ1n) is 5.93. The van der Waals surface area contributed by atoms with Gasteiger partial charge in [-0.15, -0.1) is 0 Å². The first-order chi connectivity index (χ1) is 7.29. The molecule has 84 valence electrons. The van der Waals surface area contributed by atoms with Gasteiger partial charge in [0.25, 0.3) is 0 Å². The lowest BCUT2D eigenvalue weighted by Crippen LogP contribution is -2.45. The molecule has 0 aromatic rings. The third-order valence-corrected chi connectivity index (χ3v) is 3.34. The van der Waals surface area contributed by atoms with Crippen LogP contribution in [0.25, 0.3) is 0 Å². The molecule has 0 amide bonds. The predicted molar refractivity (Wildman–Crippen MR) is 63.3 cm³/mol. The normalized spacial score (nSPS) is 23.7. The molecule has 1 heterocycles. The van der Waals surface area contributed by atoms with E-state index < -0.39 is 0 Å². The van der Waals surface area contributed by atoms with Crippen molar-refractivity contribution in [3.05, 3.63) is 23.5 Å². The van der Waals surface area contributed by atoms with Gasteiger partial charge in [-0.25, -0.2) is 0 Å². The zero-order valence-electron chi connectivity index (χ0n) is 9.58. The Kier molecular flexibility index (Phi) is 3.31. The molecule has 2 rings (SSSR count). The fourth-order valence-electron chi connectivity index (χ4n) is 2.31. The van der Waals surface area contributed by atoms with Crippen LogP contribution in [0.4, 0.5) is 0 Å². The number of allylic oxidation sites excluding steroid dienone is 3. The largest absolute Gasteiger partial charge is 0.399 e. The van der Waals surface area contributed by atoms with Gasteiger partial charge in [-0.3, -0.25) is 0 Å². The lowest BCUT2D eigenvalue weighted by molar-refractivity contribution is 0.161. The zero-order chi connectivity index (χ0) is 10.7. The van der Waals surface area contributed by atoms with Crippen molar-refractivity contribution in [3.8, 4) is 0 Å². The Morgan fingerprint density at radius 1 is 1.27 bits per heavy atom. The maximum absolute atomic E-state index is 5.83. The minimum absolute atomic E-state index is 0.939. The fraction of sp³-hybridized carbons (Fsp3) is 0.667. The van der Waals surface area contributed by atoms with E-state index in [4.69, 9.17) is 5.73 Å². The van der Waals surface area contributed by atoms with Gasteiger partial charge in [0.2, 0.25) is 0 Å². The molecule has 0 atom stereocenters. The van der Waals surface area contributed by atoms with Gasteiger partial charge < -0.3 is 15.5 Å². The molecule has 1 saturated heterocycles. The highest BCUT2D eigenvalue weighted by atomic mass is 15.3. The van der Waals surface area contributed by atoms with Crippen molar-refractivity contribution in [1.29, 1.82) is 0 Å². The Balaban J connectivity index is 1.93. The highest BCUT2D eigenvalue weighted by Gasteiger charge is 2.18. The lowest BCUT2D eigenvalue weighted by Gasteiger charge is -2.37. The molecule has 0 radical (unpaired) electrons. The molecule has 15 heavy (non-hydrogen) atoms. The van der Waals surface area contributed by atoms with Crippen molar-refractivity contribution in [3.63, 3.8) is 0 Å². The van der Waals surface area contributed by atoms with Crippen LogP contribution in [0.3, 0.4) is 0 Å². The minimum Gasteiger partial charge on any atom is -0.399 e. The molecular weight excluding hydrogens is 186 g/mol. The van der Waals surface area contributed by atoms with Crippen molar-refractivity contribution < 1.29 is 0 Å². The molecule has 1 fully saturated rings. The Hall–Kier alpha value is -0.960. The Morgan fingerprint density at radius 2 is 2.00 bits per heavy atom. The molecule has 1 aliphatic carbocycles. The Bertz CT molecular complexity index is 273. The van der Waals surface area contributed by atoms with E-state index in [1.165, 1.54) is 25.3 Å². The van der Waals surface area contributed by atoms with E-state index in [-0.39, 0.29) is 0 Å². The van der Waals surface area contributed by atoms with E-state index in [1.54, 1.807) is 0 Å². The lowest BCUT2D eigenvalue weighted by atomic mass is 10.1. The first-order valence-corrected chi connectivity index (χ1v) is 5.93. The van der Waals surface area contributed by atoms with Gasteiger partial charge in [-0.1, -0.05) is 13.0 Å². The second kappa shape index (κ2) is 4.71. The van der Waals surface area contributed by atoms with Crippen LogP contribution in [0.15, 0.2) is 23.5 Å². The van der Waals surface area contributed by atoms with E-state index >= 15 is 0 Å². The van der Waals surface area contributed by atoms with Gasteiger partial charge in [0.05, 0.1) is 0 Å². The molecule has 0 unspecified atom stereocenters. The molecule has 0 spiro atoms. The first kappa shape index (κ1) is 10.6. The highest BCUT2D eigenvalue weighted by molar-refractivity contribution is 5.24. The third-order valence-electron chi connectivity index (χ3n) is 3.34. The van der Waals surface area contributed by atoms with E-state index in [2.05, 4.69) is 28.9 Å². The summed E-state index contributed by atoms with van der Waals surface area (Å²) in [7, 11) is 0. The van der Waals surface area contributed by atoms with Crippen LogP contribution in [-0.4, -0.2) is 42.5 Å². The molecule has 1 aliphatic heterocycles. The van der Waals surface area contributed by atoms with Crippen molar-refractivity contribution in [2.24, 2.45) is 5.73 Å². The summed E-state index contributed by atoms with van der Waals surface area (Å²) in [5.41, 5.74) is 8.21. The van der Waals surface area contributed by atoms with Crippen LogP contribution in [0.5, 0.6) is 0 Å². The number of hydrogen-bond acceptors (Lipinski definition) is 3. The van der Waals surface area contributed by atoms with Crippen LogP contribution in [-0.2, 0) is 0 Å². The monoisotopic (exact) mass is 207 g/mol. The van der Waals surface area contributed by atoms with Crippen molar-refractivity contribution >= 4 is 0 Å². The molecule has 3 heteroatoms. The minimum atomic E-state index is 0.939. The molecule has 0 bridgehead atoms. The van der Waals surface area contributed by atoms with E-state index in [1.807, 2.05) is 0 Å². The van der Waals surface area contributed by atoms with E-state index in [0.29, 0.717) is 0 Å². The van der Waals surface area contributed by atoms with Crippen LogP contribution in [0.2, 0.25) is 0 Å². The van der Waals surface area contributed by atoms with Gasteiger partial charge in [0.15, 0.2) is 0 Å². The zero-order valence-corrected chi connectivity index (χ0v) is 9.58. The van der Waals surface area contributed by atoms with Crippen LogP contribution in [0.1, 0.15) is 19.8 Å². The topological polar surface area (TPSA) is 32.5 Å². The molecule has 3 nitrogen and oxygen atoms in total. The number of piperazine rings is 1. The third kappa shape index (κ3) is 2.53. The fourth-order valence-corrected chi connectivity index (χ4v) is 2.31. The van der Waals surface area contributed by atoms with Gasteiger partial charge in [0.1, 0.15) is 0 Å². The molecule has 2 aliphatic rings. The predicted octanol–water partition coefficient (Wildman–Crippen LogP) is 1.14. The average Bonchev–Trinajstić information content (AvgIpc) is 2.29. The van der Waals surface area contributed by atoms with Gasteiger partial charge >= 0.3 is 0 Å². The summed E-state index contributed by atoms with van der Waals surface area (Å²) in [5.74, 6) is 0. The maximum Gasteiger partial charge on any atom is 0.0303 e. The smallest absolute Gasteiger partial charge is 0.0303 e. The van der Waals surface area contributed by atoms with Crippen molar-refractivity contribution in [1.82, 2.24) is 9.80 Å². The van der Waals surface area contributed by atoms with Crippen LogP contribution in [0, 0.1) is 0 Å². The summed E-state index contributed by atoms with van der Waals surface area (Å²) >= 11 is 0. The number of likely N-dealkylation sites (N-methyl/N-ethyl adjacent to an activating group) is 1. The van der Waals surface area contributed by atoms with Gasteiger partial charge in [-0.05, 0) is 25.5 Å². The quantitative estimate of drug-likeness (QED) is 0.737. The number of rotatable bonds is 2. The standard InChI is InChI=1S/C12H21N3/c1-2-14-6-8-15(9-7-14)12-5-3-4-11(13)10-12/h4,10H,2-3,5-9,13H2,1H3. The number of nitrogens with two attached hydrogens (primary N) is 1. The molecular formula is C12H21N3. The summed E-state index contributed by atoms with van der Waals surface area (Å²) in [4.78, 5) is 4.99. The highest BCUT2D eigenvalue weighted by Crippen LogP contribution is 2.19. The Labute approximate surface area is 92.2 Å². The van der Waals surface area contributed by atoms with Gasteiger partial charge in [-0.2, -0.15) is 0 Å². The number of nitrogens with zero attached hydrogens (tertiary/aromatic N) is 2. The summed E-state index contributed by atoms with van der Waals surface area (Å²) in [5, 5.41) is 0.